The number of thiophene rings is 1. The van der Waals surface area contributed by atoms with Gasteiger partial charge in [0.25, 0.3) is 5.91 Å². The van der Waals surface area contributed by atoms with E-state index in [1.165, 1.54) is 22.2 Å². The van der Waals surface area contributed by atoms with Gasteiger partial charge in [-0.1, -0.05) is 30.3 Å². The van der Waals surface area contributed by atoms with E-state index in [4.69, 9.17) is 0 Å². The van der Waals surface area contributed by atoms with Gasteiger partial charge in [-0.3, -0.25) is 4.79 Å². The van der Waals surface area contributed by atoms with Crippen LogP contribution in [-0.2, 0) is 6.42 Å². The first-order chi connectivity index (χ1) is 11.6. The summed E-state index contributed by atoms with van der Waals surface area (Å²) in [5, 5.41) is 6.01. The molecule has 0 spiro atoms. The van der Waals surface area contributed by atoms with E-state index in [1.807, 2.05) is 12.1 Å². The number of carbonyl (C=O) groups is 1. The van der Waals surface area contributed by atoms with Gasteiger partial charge in [-0.2, -0.15) is 8.78 Å². The zero-order valence-electron chi connectivity index (χ0n) is 12.7. The maximum atomic E-state index is 12.4. The number of rotatable bonds is 6. The molecule has 3 rings (SSSR count). The molecule has 1 aromatic heterocycles. The number of nitrogens with one attached hydrogen (secondary N) is 1. The molecule has 1 N–H and O–H groups in total. The monoisotopic (exact) mass is 347 g/mol. The van der Waals surface area contributed by atoms with Crippen molar-refractivity contribution in [3.8, 4) is 5.75 Å². The van der Waals surface area contributed by atoms with Crippen LogP contribution in [0, 0.1) is 0 Å². The van der Waals surface area contributed by atoms with Gasteiger partial charge in [0.05, 0.1) is 5.56 Å². The Morgan fingerprint density at radius 2 is 1.88 bits per heavy atom. The molecule has 1 heterocycles. The molecular weight excluding hydrogens is 332 g/mol. The van der Waals surface area contributed by atoms with Crippen LogP contribution in [0.15, 0.2) is 53.9 Å². The van der Waals surface area contributed by atoms with E-state index in [9.17, 15) is 13.6 Å². The van der Waals surface area contributed by atoms with Crippen molar-refractivity contribution in [3.05, 3.63) is 65.0 Å². The number of hydrogen-bond acceptors (Lipinski definition) is 3. The van der Waals surface area contributed by atoms with E-state index in [2.05, 4.69) is 27.6 Å². The van der Waals surface area contributed by atoms with Crippen LogP contribution in [0.1, 0.15) is 15.9 Å². The molecule has 124 valence electrons. The minimum Gasteiger partial charge on any atom is -0.434 e. The first-order valence-electron chi connectivity index (χ1n) is 7.42. The van der Waals surface area contributed by atoms with Gasteiger partial charge in [-0.15, -0.1) is 11.3 Å². The molecule has 24 heavy (non-hydrogen) atoms. The van der Waals surface area contributed by atoms with E-state index in [0.29, 0.717) is 13.0 Å². The molecule has 0 bridgehead atoms. The Labute approximate surface area is 141 Å². The van der Waals surface area contributed by atoms with Crippen LogP contribution in [-0.4, -0.2) is 19.1 Å². The SMILES string of the molecule is O=C(NCCc1csc2ccccc12)c1ccccc1OC(F)F. The van der Waals surface area contributed by atoms with Crippen LogP contribution in [0.4, 0.5) is 8.78 Å². The minimum absolute atomic E-state index is 0.105. The summed E-state index contributed by atoms with van der Waals surface area (Å²) in [6.45, 7) is -2.54. The van der Waals surface area contributed by atoms with E-state index in [0.717, 1.165) is 5.56 Å². The van der Waals surface area contributed by atoms with Gasteiger partial charge in [-0.25, -0.2) is 0 Å². The lowest BCUT2D eigenvalue weighted by atomic mass is 10.1. The molecule has 0 saturated heterocycles. The summed E-state index contributed by atoms with van der Waals surface area (Å²) in [5.41, 5.74) is 1.26. The number of alkyl halides is 2. The van der Waals surface area contributed by atoms with Crippen molar-refractivity contribution in [2.75, 3.05) is 6.54 Å². The topological polar surface area (TPSA) is 38.3 Å². The molecule has 0 fully saturated rings. The van der Waals surface area contributed by atoms with Crippen LogP contribution in [0.25, 0.3) is 10.1 Å². The largest absolute Gasteiger partial charge is 0.434 e. The second-order valence-electron chi connectivity index (χ2n) is 5.14. The summed E-state index contributed by atoms with van der Waals surface area (Å²) in [5.74, 6) is -0.545. The second-order valence-corrected chi connectivity index (χ2v) is 6.05. The fourth-order valence-electron chi connectivity index (χ4n) is 2.49. The summed E-state index contributed by atoms with van der Waals surface area (Å²) < 4.78 is 30.4. The van der Waals surface area contributed by atoms with Crippen LogP contribution in [0.5, 0.6) is 5.75 Å². The lowest BCUT2D eigenvalue weighted by Crippen LogP contribution is -2.26. The number of carbonyl (C=O) groups excluding carboxylic acids is 1. The van der Waals surface area contributed by atoms with Gasteiger partial charge in [0.1, 0.15) is 5.75 Å². The summed E-state index contributed by atoms with van der Waals surface area (Å²) in [4.78, 5) is 12.2. The van der Waals surface area contributed by atoms with Gasteiger partial charge in [0.2, 0.25) is 0 Å². The second kappa shape index (κ2) is 7.40. The quantitative estimate of drug-likeness (QED) is 0.714. The lowest BCUT2D eigenvalue weighted by molar-refractivity contribution is -0.0501. The number of hydrogen-bond donors (Lipinski definition) is 1. The first-order valence-corrected chi connectivity index (χ1v) is 8.30. The number of para-hydroxylation sites is 1. The van der Waals surface area contributed by atoms with E-state index >= 15 is 0 Å². The first kappa shape index (κ1) is 16.4. The number of ether oxygens (including phenoxy) is 1. The summed E-state index contributed by atoms with van der Waals surface area (Å²) >= 11 is 1.66. The van der Waals surface area contributed by atoms with Gasteiger partial charge in [0.15, 0.2) is 0 Å². The molecule has 1 amide bonds. The van der Waals surface area contributed by atoms with Crippen molar-refractivity contribution in [2.45, 2.75) is 13.0 Å². The third kappa shape index (κ3) is 3.71. The van der Waals surface area contributed by atoms with Gasteiger partial charge < -0.3 is 10.1 Å². The van der Waals surface area contributed by atoms with Crippen LogP contribution in [0.2, 0.25) is 0 Å². The molecule has 2 aromatic carbocycles. The maximum absolute atomic E-state index is 12.4. The Morgan fingerprint density at radius 3 is 2.71 bits per heavy atom. The highest BCUT2D eigenvalue weighted by Crippen LogP contribution is 2.26. The molecule has 0 saturated carbocycles. The Balaban J connectivity index is 1.64. The molecule has 0 atom stereocenters. The normalized spacial score (nSPS) is 11.0. The van der Waals surface area contributed by atoms with Crippen LogP contribution >= 0.6 is 11.3 Å². The Morgan fingerprint density at radius 1 is 1.12 bits per heavy atom. The smallest absolute Gasteiger partial charge is 0.387 e. The van der Waals surface area contributed by atoms with Crippen molar-refractivity contribution >= 4 is 27.3 Å². The summed E-state index contributed by atoms with van der Waals surface area (Å²) in [6.07, 6.45) is 0.674. The van der Waals surface area contributed by atoms with E-state index in [1.54, 1.807) is 23.5 Å². The van der Waals surface area contributed by atoms with Crippen LogP contribution in [0.3, 0.4) is 0 Å². The van der Waals surface area contributed by atoms with Gasteiger partial charge >= 0.3 is 6.61 Å². The lowest BCUT2D eigenvalue weighted by Gasteiger charge is -2.10. The Hall–Kier alpha value is -2.47. The van der Waals surface area contributed by atoms with Crippen molar-refractivity contribution in [3.63, 3.8) is 0 Å². The molecule has 3 aromatic rings. The molecule has 3 nitrogen and oxygen atoms in total. The summed E-state index contributed by atoms with van der Waals surface area (Å²) in [6, 6.07) is 14.1. The third-order valence-corrected chi connectivity index (χ3v) is 4.60. The van der Waals surface area contributed by atoms with Crippen LogP contribution < -0.4 is 10.1 Å². The maximum Gasteiger partial charge on any atom is 0.387 e. The van der Waals surface area contributed by atoms with Crippen molar-refractivity contribution < 1.29 is 18.3 Å². The predicted octanol–water partition coefficient (Wildman–Crippen LogP) is 4.48. The van der Waals surface area contributed by atoms with Crippen molar-refractivity contribution in [1.29, 1.82) is 0 Å². The molecule has 0 aliphatic rings. The Bertz CT molecular complexity index is 848. The number of fused-ring (bicyclic) bond motifs is 1. The van der Waals surface area contributed by atoms with Gasteiger partial charge in [0, 0.05) is 11.2 Å². The zero-order chi connectivity index (χ0) is 16.9. The van der Waals surface area contributed by atoms with E-state index < -0.39 is 12.5 Å². The number of halogens is 2. The summed E-state index contributed by atoms with van der Waals surface area (Å²) in [7, 11) is 0. The average molecular weight is 347 g/mol. The zero-order valence-corrected chi connectivity index (χ0v) is 13.5. The molecule has 0 unspecified atom stereocenters. The standard InChI is InChI=1S/C18H15F2NO2S/c19-18(20)23-15-7-3-1-6-14(15)17(22)21-10-9-12-11-24-16-8-4-2-5-13(12)16/h1-8,11,18H,9-10H2,(H,21,22). The molecule has 0 radical (unpaired) electrons. The molecule has 6 heteroatoms. The molecule has 0 aliphatic carbocycles. The van der Waals surface area contributed by atoms with Gasteiger partial charge in [-0.05, 0) is 40.9 Å². The highest BCUT2D eigenvalue weighted by molar-refractivity contribution is 7.17. The third-order valence-electron chi connectivity index (χ3n) is 3.59. The van der Waals surface area contributed by atoms with Crippen molar-refractivity contribution in [1.82, 2.24) is 5.32 Å². The molecular formula is C18H15F2NO2S. The van der Waals surface area contributed by atoms with Crippen molar-refractivity contribution in [2.24, 2.45) is 0 Å². The minimum atomic E-state index is -2.96. The number of benzene rings is 2. The number of amides is 1. The fourth-order valence-corrected chi connectivity index (χ4v) is 3.48. The average Bonchev–Trinajstić information content (AvgIpc) is 2.98. The highest BCUT2D eigenvalue weighted by atomic mass is 32.1. The highest BCUT2D eigenvalue weighted by Gasteiger charge is 2.15. The van der Waals surface area contributed by atoms with E-state index in [-0.39, 0.29) is 11.3 Å². The molecule has 0 aliphatic heterocycles. The Kier molecular flexibility index (Phi) is 5.05. The predicted molar refractivity (Wildman–Crippen MR) is 90.9 cm³/mol. The fraction of sp³-hybridized carbons (Fsp3) is 0.167.